The van der Waals surface area contributed by atoms with Gasteiger partial charge in [0, 0.05) is 28.6 Å². The van der Waals surface area contributed by atoms with Gasteiger partial charge in [0.1, 0.15) is 0 Å². The Labute approximate surface area is 172 Å². The Balaban J connectivity index is 0.000000178. The summed E-state index contributed by atoms with van der Waals surface area (Å²) < 4.78 is 74.3. The van der Waals surface area contributed by atoms with Crippen LogP contribution in [0.4, 0.5) is 26.3 Å². The summed E-state index contributed by atoms with van der Waals surface area (Å²) in [6.07, 6.45) is -6.59. The molecule has 0 radical (unpaired) electrons. The van der Waals surface area contributed by atoms with Crippen molar-refractivity contribution in [2.24, 2.45) is 0 Å². The van der Waals surface area contributed by atoms with Crippen LogP contribution in [0.2, 0.25) is 0 Å². The summed E-state index contributed by atoms with van der Waals surface area (Å²) in [4.78, 5) is 8.69. The minimum atomic E-state index is -5.10. The van der Waals surface area contributed by atoms with Crippen molar-refractivity contribution in [1.29, 1.82) is 0 Å². The molecular weight excluding hydrogens is 425 g/mol. The van der Waals surface area contributed by atoms with E-state index in [1.165, 1.54) is 0 Å². The van der Waals surface area contributed by atoms with E-state index in [2.05, 4.69) is 34.2 Å². The number of hydrogen-bond donors (Lipinski definition) is 2. The number of rotatable bonds is 1. The number of halogens is 6. The van der Waals surface area contributed by atoms with Crippen molar-refractivity contribution in [3.05, 3.63) is 78.1 Å². The number of benzene rings is 2. The SMILES string of the molecule is OB(O)c1c(C(F)(F)F)cccc1C(F)(F)F.c1cnc2c(c1)ccc1cccnc12. The minimum Gasteiger partial charge on any atom is -0.423 e. The smallest absolute Gasteiger partial charge is 0.423 e. The van der Waals surface area contributed by atoms with Gasteiger partial charge in [-0.05, 0) is 12.1 Å². The van der Waals surface area contributed by atoms with Crippen LogP contribution in [0.5, 0.6) is 0 Å². The minimum absolute atomic E-state index is 0.351. The summed E-state index contributed by atoms with van der Waals surface area (Å²) in [5.41, 5.74) is -3.08. The van der Waals surface area contributed by atoms with Crippen molar-refractivity contribution in [2.75, 3.05) is 0 Å². The molecule has 0 aliphatic rings. The molecule has 0 aliphatic carbocycles. The van der Waals surface area contributed by atoms with Gasteiger partial charge in [-0.2, -0.15) is 26.3 Å². The van der Waals surface area contributed by atoms with Crippen molar-refractivity contribution in [3.63, 3.8) is 0 Å². The van der Waals surface area contributed by atoms with E-state index in [4.69, 9.17) is 10.0 Å². The zero-order valence-corrected chi connectivity index (χ0v) is 15.5. The molecule has 0 saturated heterocycles. The van der Waals surface area contributed by atoms with Crippen LogP contribution >= 0.6 is 0 Å². The second kappa shape index (κ2) is 8.52. The first kappa shape index (κ1) is 22.5. The summed E-state index contributed by atoms with van der Waals surface area (Å²) in [6, 6.07) is 13.4. The van der Waals surface area contributed by atoms with Crippen LogP contribution in [-0.4, -0.2) is 27.1 Å². The molecular formula is C20H13BF6N2O2. The molecule has 4 nitrogen and oxygen atoms in total. The van der Waals surface area contributed by atoms with Gasteiger partial charge in [0.15, 0.2) is 0 Å². The largest absolute Gasteiger partial charge is 0.489 e. The van der Waals surface area contributed by atoms with E-state index in [0.717, 1.165) is 21.8 Å². The zero-order chi connectivity index (χ0) is 22.8. The average molecular weight is 438 g/mol. The van der Waals surface area contributed by atoms with Gasteiger partial charge in [0.2, 0.25) is 0 Å². The number of pyridine rings is 2. The first-order chi connectivity index (χ1) is 14.5. The van der Waals surface area contributed by atoms with Crippen LogP contribution in [0.15, 0.2) is 67.0 Å². The van der Waals surface area contributed by atoms with Crippen LogP contribution in [0.25, 0.3) is 21.8 Å². The summed E-state index contributed by atoms with van der Waals surface area (Å²) in [6.45, 7) is 0. The molecule has 0 fully saturated rings. The van der Waals surface area contributed by atoms with Gasteiger partial charge < -0.3 is 10.0 Å². The average Bonchev–Trinajstić information content (AvgIpc) is 2.72. The third-order valence-corrected chi connectivity index (χ3v) is 4.32. The Morgan fingerprint density at radius 1 is 0.613 bits per heavy atom. The third-order valence-electron chi connectivity index (χ3n) is 4.32. The third kappa shape index (κ3) is 4.94. The Bertz CT molecular complexity index is 1120. The molecule has 2 heterocycles. The molecule has 0 spiro atoms. The Morgan fingerprint density at radius 2 is 1.03 bits per heavy atom. The highest BCUT2D eigenvalue weighted by atomic mass is 19.4. The fraction of sp³-hybridized carbons (Fsp3) is 0.100. The lowest BCUT2D eigenvalue weighted by Crippen LogP contribution is -2.41. The molecule has 160 valence electrons. The van der Waals surface area contributed by atoms with Crippen LogP contribution in [0.1, 0.15) is 11.1 Å². The molecule has 4 aromatic rings. The van der Waals surface area contributed by atoms with Crippen molar-refractivity contribution in [3.8, 4) is 0 Å². The molecule has 0 aliphatic heterocycles. The lowest BCUT2D eigenvalue weighted by Gasteiger charge is -2.17. The van der Waals surface area contributed by atoms with Crippen LogP contribution < -0.4 is 5.46 Å². The molecule has 0 amide bonds. The Kier molecular flexibility index (Phi) is 6.19. The van der Waals surface area contributed by atoms with Gasteiger partial charge >= 0.3 is 19.5 Å². The molecule has 0 atom stereocenters. The first-order valence-electron chi connectivity index (χ1n) is 8.72. The van der Waals surface area contributed by atoms with Crippen LogP contribution in [0, 0.1) is 0 Å². The topological polar surface area (TPSA) is 66.2 Å². The maximum atomic E-state index is 12.4. The van der Waals surface area contributed by atoms with E-state index in [0.29, 0.717) is 18.2 Å². The maximum Gasteiger partial charge on any atom is 0.489 e. The van der Waals surface area contributed by atoms with E-state index >= 15 is 0 Å². The lowest BCUT2D eigenvalue weighted by atomic mass is 9.73. The van der Waals surface area contributed by atoms with E-state index in [9.17, 15) is 26.3 Å². The molecule has 2 aromatic carbocycles. The molecule has 31 heavy (non-hydrogen) atoms. The molecule has 0 bridgehead atoms. The molecule has 0 saturated carbocycles. The number of alkyl halides is 6. The van der Waals surface area contributed by atoms with E-state index < -0.39 is 36.1 Å². The number of nitrogens with zero attached hydrogens (tertiary/aromatic N) is 2. The monoisotopic (exact) mass is 438 g/mol. The summed E-state index contributed by atoms with van der Waals surface area (Å²) >= 11 is 0. The van der Waals surface area contributed by atoms with Gasteiger partial charge in [-0.25, -0.2) is 0 Å². The second-order valence-corrected chi connectivity index (χ2v) is 6.35. The molecule has 4 rings (SSSR count). The fourth-order valence-electron chi connectivity index (χ4n) is 3.02. The van der Waals surface area contributed by atoms with Gasteiger partial charge in [-0.3, -0.25) is 9.97 Å². The zero-order valence-electron chi connectivity index (χ0n) is 15.5. The molecule has 2 N–H and O–H groups in total. The highest BCUT2D eigenvalue weighted by Gasteiger charge is 2.43. The summed E-state index contributed by atoms with van der Waals surface area (Å²) in [5.74, 6) is 0. The molecule has 2 aromatic heterocycles. The predicted octanol–water partition coefficient (Wildman–Crippen LogP) is 4.19. The van der Waals surface area contributed by atoms with Gasteiger partial charge in [0.05, 0.1) is 22.2 Å². The van der Waals surface area contributed by atoms with Crippen molar-refractivity contribution in [2.45, 2.75) is 12.4 Å². The van der Waals surface area contributed by atoms with Gasteiger partial charge in [-0.1, -0.05) is 42.5 Å². The molecule has 0 unspecified atom stereocenters. The van der Waals surface area contributed by atoms with E-state index in [-0.39, 0.29) is 0 Å². The summed E-state index contributed by atoms with van der Waals surface area (Å²) in [5, 5.41) is 19.6. The highest BCUT2D eigenvalue weighted by Crippen LogP contribution is 2.33. The van der Waals surface area contributed by atoms with E-state index in [1.54, 1.807) is 12.4 Å². The number of hydrogen-bond acceptors (Lipinski definition) is 4. The molecule has 11 heteroatoms. The maximum absolute atomic E-state index is 12.4. The van der Waals surface area contributed by atoms with Gasteiger partial charge in [-0.15, -0.1) is 0 Å². The lowest BCUT2D eigenvalue weighted by molar-refractivity contribution is -0.141. The standard InChI is InChI=1S/C12H8N2.C8H5BF6O2/c1-3-9-5-6-10-4-2-8-14-12(10)11(9)13-7-1;10-7(11,12)4-2-1-3-5(8(13,14)15)6(4)9(16)17/h1-8H;1-3,16-17H. The first-order valence-corrected chi connectivity index (χ1v) is 8.72. The normalized spacial score (nSPS) is 11.9. The second-order valence-electron chi connectivity index (χ2n) is 6.35. The fourth-order valence-corrected chi connectivity index (χ4v) is 3.02. The Morgan fingerprint density at radius 3 is 1.39 bits per heavy atom. The van der Waals surface area contributed by atoms with Crippen molar-refractivity contribution >= 4 is 34.4 Å². The van der Waals surface area contributed by atoms with Gasteiger partial charge in [0.25, 0.3) is 0 Å². The van der Waals surface area contributed by atoms with Crippen LogP contribution in [0.3, 0.4) is 0 Å². The highest BCUT2D eigenvalue weighted by molar-refractivity contribution is 6.59. The number of aromatic nitrogens is 2. The Hall–Kier alpha value is -3.18. The van der Waals surface area contributed by atoms with Crippen LogP contribution in [-0.2, 0) is 12.4 Å². The van der Waals surface area contributed by atoms with E-state index in [1.807, 2.05) is 12.1 Å². The number of fused-ring (bicyclic) bond motifs is 3. The quantitative estimate of drug-likeness (QED) is 0.266. The predicted molar refractivity (Wildman–Crippen MR) is 103 cm³/mol. The summed E-state index contributed by atoms with van der Waals surface area (Å²) in [7, 11) is -2.86. The van der Waals surface area contributed by atoms with Crippen molar-refractivity contribution < 1.29 is 36.4 Å². The van der Waals surface area contributed by atoms with Crippen molar-refractivity contribution in [1.82, 2.24) is 9.97 Å².